The van der Waals surface area contributed by atoms with Crippen molar-refractivity contribution < 1.29 is 17.9 Å². The number of aromatic amines is 1. The fourth-order valence-corrected chi connectivity index (χ4v) is 5.44. The summed E-state index contributed by atoms with van der Waals surface area (Å²) in [6.07, 6.45) is 12.2. The summed E-state index contributed by atoms with van der Waals surface area (Å²) in [5.74, 6) is 0. The van der Waals surface area contributed by atoms with Crippen LogP contribution in [0.25, 0.3) is 11.6 Å². The van der Waals surface area contributed by atoms with Crippen LogP contribution in [-0.2, 0) is 17.9 Å². The third kappa shape index (κ3) is 6.07. The number of aliphatic imine (C=N–C) groups is 2. The number of nitrogens with zero attached hydrogens (tertiary/aromatic N) is 2. The second-order valence-electron chi connectivity index (χ2n) is 8.62. The molecule has 3 N–H and O–H groups in total. The van der Waals surface area contributed by atoms with E-state index in [0.29, 0.717) is 5.70 Å². The molecule has 3 heterocycles. The monoisotopic (exact) mass is 672 g/mol. The quantitative estimate of drug-likeness (QED) is 0.199. The second-order valence-corrected chi connectivity index (χ2v) is 11.4. The van der Waals surface area contributed by atoms with E-state index < -0.39 is 0 Å². The number of halogens is 2. The molecule has 0 bridgehead atoms. The van der Waals surface area contributed by atoms with Gasteiger partial charge in [0.2, 0.25) is 0 Å². The van der Waals surface area contributed by atoms with Crippen molar-refractivity contribution in [1.29, 1.82) is 0 Å². The summed E-state index contributed by atoms with van der Waals surface area (Å²) in [6, 6.07) is 24.8. The van der Waals surface area contributed by atoms with Crippen LogP contribution >= 0.6 is 31.9 Å². The Morgan fingerprint density at radius 2 is 1.55 bits per heavy atom. The molecule has 2 aliphatic heterocycles. The zero-order chi connectivity index (χ0) is 26.5. The molecule has 5 rings (SSSR count). The molecule has 3 aromatic rings. The van der Waals surface area contributed by atoms with E-state index in [-0.39, 0.29) is 0 Å². The van der Waals surface area contributed by atoms with Gasteiger partial charge in [-0.15, -0.1) is 0 Å². The number of nitrogens with one attached hydrogen (secondary N) is 1. The fraction of sp³-hybridized carbons (Fsp3) is 0. The van der Waals surface area contributed by atoms with Crippen LogP contribution in [0.3, 0.4) is 0 Å². The Bertz CT molecular complexity index is 1630. The average Bonchev–Trinajstić information content (AvgIpc) is 3.72. The van der Waals surface area contributed by atoms with Gasteiger partial charge in [-0.1, -0.05) is 22.0 Å². The van der Waals surface area contributed by atoms with Gasteiger partial charge < -0.3 is 5.73 Å². The van der Waals surface area contributed by atoms with Gasteiger partial charge in [-0.25, -0.2) is 0 Å². The summed E-state index contributed by atoms with van der Waals surface area (Å²) in [7, 11) is 0. The molecule has 4 nitrogen and oxygen atoms in total. The van der Waals surface area contributed by atoms with E-state index in [1.165, 1.54) is 9.67 Å². The molecule has 7 heteroatoms. The van der Waals surface area contributed by atoms with Crippen LogP contribution in [0.15, 0.2) is 140 Å². The van der Waals surface area contributed by atoms with Gasteiger partial charge in [-0.2, -0.15) is 0 Å². The van der Waals surface area contributed by atoms with Gasteiger partial charge in [0.15, 0.2) is 0 Å². The fourth-order valence-electron chi connectivity index (χ4n) is 4.15. The summed E-state index contributed by atoms with van der Waals surface area (Å²) in [5, 5.41) is 0. The predicted molar refractivity (Wildman–Crippen MR) is 163 cm³/mol. The number of benzene rings is 2. The number of aromatic nitrogens is 1. The second kappa shape index (κ2) is 12.1. The molecule has 0 aliphatic carbocycles. The third-order valence-electron chi connectivity index (χ3n) is 6.03. The molecular weight excluding hydrogens is 654 g/mol. The van der Waals surface area contributed by atoms with Crippen molar-refractivity contribution in [3.05, 3.63) is 152 Å². The molecule has 1 aromatic heterocycles. The number of H-pyrrole nitrogens is 1. The first-order valence-electron chi connectivity index (χ1n) is 11.9. The van der Waals surface area contributed by atoms with Crippen molar-refractivity contribution in [3.63, 3.8) is 0 Å². The van der Waals surface area contributed by atoms with Crippen LogP contribution in [0.5, 0.6) is 0 Å². The minimum Gasteiger partial charge on any atom is -0.0582 e. The van der Waals surface area contributed by atoms with Gasteiger partial charge in [0.05, 0.1) is 0 Å². The summed E-state index contributed by atoms with van der Waals surface area (Å²) in [4.78, 5) is 15.1. The molecule has 0 radical (unpaired) electrons. The van der Waals surface area contributed by atoms with Gasteiger partial charge in [0.25, 0.3) is 0 Å². The Morgan fingerprint density at radius 3 is 2.26 bits per heavy atom. The Hall–Kier alpha value is -3.25. The number of hydrogen-bond donors (Lipinski definition) is 2. The standard InChI is InChI=1S/C31H22Br2N4.Zn/c32-20-27(33)28(34)19-26-14-16-30(37-26)31(22-9-5-2-6-10-22)29-15-13-25(36-29)18-24-12-11-23(35-24)17-21-7-3-1-4-8-21;/h1-16,18-20,37H,34H2;/b24-18?,27-20?,28-19?,31-29-;. The molecule has 0 saturated carbocycles. The molecule has 182 valence electrons. The van der Waals surface area contributed by atoms with Crippen molar-refractivity contribution in [2.45, 2.75) is 0 Å². The van der Waals surface area contributed by atoms with E-state index >= 15 is 0 Å². The smallest absolute Gasteiger partial charge is 0.0474 e. The van der Waals surface area contributed by atoms with Crippen LogP contribution in [0.1, 0.15) is 22.5 Å². The van der Waals surface area contributed by atoms with E-state index in [2.05, 4.69) is 97.5 Å². The summed E-state index contributed by atoms with van der Waals surface area (Å²) in [6.45, 7) is 0. The zero-order valence-corrected chi connectivity index (χ0v) is 26.5. The summed E-state index contributed by atoms with van der Waals surface area (Å²) >= 11 is 7.79. The summed E-state index contributed by atoms with van der Waals surface area (Å²) < 4.78 is 2.05. The normalized spacial score (nSPS) is 17.7. The maximum Gasteiger partial charge on any atom is 0.0474 e. The van der Waals surface area contributed by atoms with Gasteiger partial charge >= 0.3 is 185 Å². The first-order valence-corrected chi connectivity index (χ1v) is 15.1. The molecule has 0 amide bonds. The van der Waals surface area contributed by atoms with Crippen molar-refractivity contribution in [3.8, 4) is 0 Å². The Balaban J connectivity index is 1.47. The minimum atomic E-state index is 0.614. The molecule has 0 spiro atoms. The third-order valence-corrected chi connectivity index (χ3v) is 9.40. The SMILES string of the molecule is NC(=Cc1ccc(/C(=C2/C=CC(C=C3C=CC([C](=[Zn])c4ccccc4)=N3)=N2)c2ccccc2)[nH]1)C(Br)=CBr. The van der Waals surface area contributed by atoms with E-state index in [4.69, 9.17) is 15.7 Å². The van der Waals surface area contributed by atoms with E-state index in [1.807, 2.05) is 48.6 Å². The van der Waals surface area contributed by atoms with Crippen LogP contribution < -0.4 is 5.73 Å². The molecule has 2 aliphatic rings. The number of allylic oxidation sites excluding steroid dienone is 6. The Morgan fingerprint density at radius 1 is 0.842 bits per heavy atom. The van der Waals surface area contributed by atoms with Gasteiger partial charge in [-0.05, 0) is 27.0 Å². The van der Waals surface area contributed by atoms with E-state index in [9.17, 15) is 0 Å². The van der Waals surface area contributed by atoms with Crippen LogP contribution in [-0.4, -0.2) is 20.5 Å². The summed E-state index contributed by atoms with van der Waals surface area (Å²) in [5.41, 5.74) is 15.7. The maximum absolute atomic E-state index is 6.16. The largest absolute Gasteiger partial charge is 0.0582 e. The van der Waals surface area contributed by atoms with Crippen LogP contribution in [0, 0.1) is 0 Å². The van der Waals surface area contributed by atoms with Gasteiger partial charge in [0, 0.05) is 10.2 Å². The number of nitrogens with two attached hydrogens (primary N) is 1. The van der Waals surface area contributed by atoms with E-state index in [1.54, 1.807) is 4.99 Å². The molecular formula is C31H22Br2N4Zn. The molecule has 0 atom stereocenters. The first kappa shape index (κ1) is 26.4. The van der Waals surface area contributed by atoms with Gasteiger partial charge in [0.1, 0.15) is 0 Å². The van der Waals surface area contributed by atoms with Crippen LogP contribution in [0.2, 0.25) is 0 Å². The van der Waals surface area contributed by atoms with Gasteiger partial charge in [-0.3, -0.25) is 0 Å². The van der Waals surface area contributed by atoms with Crippen molar-refractivity contribution >= 4 is 59.0 Å². The van der Waals surface area contributed by atoms with Crippen molar-refractivity contribution in [1.82, 2.24) is 4.98 Å². The molecule has 0 fully saturated rings. The molecule has 2 aromatic carbocycles. The van der Waals surface area contributed by atoms with Crippen molar-refractivity contribution in [2.75, 3.05) is 0 Å². The molecule has 38 heavy (non-hydrogen) atoms. The van der Waals surface area contributed by atoms with Crippen LogP contribution in [0.4, 0.5) is 0 Å². The Kier molecular flexibility index (Phi) is 8.38. The molecule has 0 unspecified atom stereocenters. The number of rotatable bonds is 7. The first-order chi connectivity index (χ1) is 18.5. The van der Waals surface area contributed by atoms with Crippen molar-refractivity contribution in [2.24, 2.45) is 15.7 Å². The minimum absolute atomic E-state index is 0.614. The molecule has 0 saturated heterocycles. The zero-order valence-electron chi connectivity index (χ0n) is 20.4. The topological polar surface area (TPSA) is 66.5 Å². The maximum atomic E-state index is 6.16. The number of hydrogen-bond acceptors (Lipinski definition) is 3. The Labute approximate surface area is 248 Å². The predicted octanol–water partition coefficient (Wildman–Crippen LogP) is 7.38. The van der Waals surface area contributed by atoms with E-state index in [0.717, 1.165) is 67.7 Å². The average molecular weight is 676 g/mol.